The maximum Gasteiger partial charge on any atom is 0.252 e. The van der Waals surface area contributed by atoms with Crippen molar-refractivity contribution in [3.05, 3.63) is 70.7 Å². The third-order valence-electron chi connectivity index (χ3n) is 4.30. The van der Waals surface area contributed by atoms with Gasteiger partial charge in [-0.25, -0.2) is 0 Å². The predicted molar refractivity (Wildman–Crippen MR) is 134 cm³/mol. The van der Waals surface area contributed by atoms with E-state index >= 15 is 0 Å². The maximum atomic E-state index is 12.1. The summed E-state index contributed by atoms with van der Waals surface area (Å²) in [6, 6.07) is 17.2. The SMILES string of the molecule is CN=C(NCCCOC(C)c1ccccc1)NCCNC(=O)c1ccccc1Cl.I. The smallest absolute Gasteiger partial charge is 0.252 e. The molecule has 2 aromatic rings. The molecule has 1 atom stereocenters. The Morgan fingerprint density at radius 2 is 1.63 bits per heavy atom. The van der Waals surface area contributed by atoms with Crippen LogP contribution in [-0.2, 0) is 4.74 Å². The first-order valence-corrected chi connectivity index (χ1v) is 10.1. The lowest BCUT2D eigenvalue weighted by Gasteiger charge is -2.15. The van der Waals surface area contributed by atoms with Crippen LogP contribution >= 0.6 is 35.6 Å². The van der Waals surface area contributed by atoms with Crippen LogP contribution in [0.5, 0.6) is 0 Å². The van der Waals surface area contributed by atoms with E-state index in [1.54, 1.807) is 31.3 Å². The van der Waals surface area contributed by atoms with Gasteiger partial charge in [-0.2, -0.15) is 0 Å². The number of amides is 1. The second-order valence-corrected chi connectivity index (χ2v) is 6.85. The second kappa shape index (κ2) is 15.0. The Balaban J connectivity index is 0.00000450. The van der Waals surface area contributed by atoms with Crippen molar-refractivity contribution in [2.24, 2.45) is 4.99 Å². The van der Waals surface area contributed by atoms with E-state index in [-0.39, 0.29) is 36.0 Å². The van der Waals surface area contributed by atoms with Crippen LogP contribution < -0.4 is 16.0 Å². The fraction of sp³-hybridized carbons (Fsp3) is 0.364. The number of hydrogen-bond acceptors (Lipinski definition) is 3. The minimum atomic E-state index is -0.190. The quantitative estimate of drug-likeness (QED) is 0.183. The topological polar surface area (TPSA) is 74.8 Å². The zero-order valence-electron chi connectivity index (χ0n) is 17.4. The molecule has 1 amide bonds. The van der Waals surface area contributed by atoms with Gasteiger partial charge in [-0.3, -0.25) is 9.79 Å². The van der Waals surface area contributed by atoms with Crippen LogP contribution in [0, 0.1) is 0 Å². The minimum absolute atomic E-state index is 0. The third kappa shape index (κ3) is 9.32. The van der Waals surface area contributed by atoms with E-state index in [0.29, 0.717) is 36.2 Å². The van der Waals surface area contributed by atoms with Gasteiger partial charge in [0, 0.05) is 33.3 Å². The van der Waals surface area contributed by atoms with E-state index in [4.69, 9.17) is 16.3 Å². The summed E-state index contributed by atoms with van der Waals surface area (Å²) in [5.74, 6) is 0.498. The molecule has 0 radical (unpaired) electrons. The number of aliphatic imine (C=N–C) groups is 1. The largest absolute Gasteiger partial charge is 0.374 e. The van der Waals surface area contributed by atoms with E-state index in [1.165, 1.54) is 5.56 Å². The Hall–Kier alpha value is -1.84. The van der Waals surface area contributed by atoms with E-state index in [1.807, 2.05) is 18.2 Å². The molecule has 0 heterocycles. The van der Waals surface area contributed by atoms with Gasteiger partial charge in [0.15, 0.2) is 5.96 Å². The molecular weight excluding hydrogens is 515 g/mol. The Kier molecular flexibility index (Phi) is 13.1. The first-order chi connectivity index (χ1) is 14.1. The molecule has 8 heteroatoms. The average molecular weight is 545 g/mol. The average Bonchev–Trinajstić information content (AvgIpc) is 2.75. The number of ether oxygens (including phenoxy) is 1. The Labute approximate surface area is 200 Å². The van der Waals surface area contributed by atoms with Gasteiger partial charge < -0.3 is 20.7 Å². The van der Waals surface area contributed by atoms with Crippen molar-refractivity contribution in [2.75, 3.05) is 33.3 Å². The molecule has 30 heavy (non-hydrogen) atoms. The van der Waals surface area contributed by atoms with Gasteiger partial charge >= 0.3 is 0 Å². The van der Waals surface area contributed by atoms with Crippen molar-refractivity contribution in [3.8, 4) is 0 Å². The van der Waals surface area contributed by atoms with E-state index < -0.39 is 0 Å². The highest BCUT2D eigenvalue weighted by molar-refractivity contribution is 14.0. The van der Waals surface area contributed by atoms with Crippen molar-refractivity contribution >= 4 is 47.4 Å². The summed E-state index contributed by atoms with van der Waals surface area (Å²) in [5, 5.41) is 9.68. The summed E-state index contributed by atoms with van der Waals surface area (Å²) in [6.07, 6.45) is 0.941. The molecule has 0 aliphatic carbocycles. The van der Waals surface area contributed by atoms with Crippen LogP contribution in [0.1, 0.15) is 35.4 Å². The zero-order valence-corrected chi connectivity index (χ0v) is 20.4. The maximum absolute atomic E-state index is 12.1. The highest BCUT2D eigenvalue weighted by Gasteiger charge is 2.08. The molecule has 1 unspecified atom stereocenters. The Morgan fingerprint density at radius 3 is 2.33 bits per heavy atom. The fourth-order valence-electron chi connectivity index (χ4n) is 2.68. The number of carbonyl (C=O) groups is 1. The number of nitrogens with one attached hydrogen (secondary N) is 3. The van der Waals surface area contributed by atoms with Crippen LogP contribution in [0.2, 0.25) is 5.02 Å². The summed E-state index contributed by atoms with van der Waals surface area (Å²) in [5.41, 5.74) is 1.65. The summed E-state index contributed by atoms with van der Waals surface area (Å²) in [7, 11) is 1.71. The number of nitrogens with zero attached hydrogens (tertiary/aromatic N) is 1. The monoisotopic (exact) mass is 544 g/mol. The lowest BCUT2D eigenvalue weighted by Crippen LogP contribution is -2.42. The molecule has 0 aliphatic heterocycles. The molecule has 0 bridgehead atoms. The summed E-state index contributed by atoms with van der Waals surface area (Å²) in [6.45, 7) is 4.47. The normalized spacial score (nSPS) is 11.9. The van der Waals surface area contributed by atoms with Gasteiger partial charge in [0.05, 0.1) is 16.7 Å². The van der Waals surface area contributed by atoms with Crippen molar-refractivity contribution in [3.63, 3.8) is 0 Å². The second-order valence-electron chi connectivity index (χ2n) is 6.44. The van der Waals surface area contributed by atoms with Gasteiger partial charge in [-0.1, -0.05) is 54.1 Å². The van der Waals surface area contributed by atoms with Crippen molar-refractivity contribution in [1.29, 1.82) is 0 Å². The number of guanidine groups is 1. The van der Waals surface area contributed by atoms with Crippen molar-refractivity contribution < 1.29 is 9.53 Å². The standard InChI is InChI=1S/C22H29ClN4O2.HI/c1-17(18-9-4-3-5-10-18)29-16-8-13-26-22(24-2)27-15-14-25-21(28)19-11-6-7-12-20(19)23;/h3-7,9-12,17H,8,13-16H2,1-2H3,(H,25,28)(H2,24,26,27);1H. The molecule has 0 saturated carbocycles. The van der Waals surface area contributed by atoms with Gasteiger partial charge in [-0.05, 0) is 31.0 Å². The molecule has 6 nitrogen and oxygen atoms in total. The van der Waals surface area contributed by atoms with E-state index in [0.717, 1.165) is 13.0 Å². The molecule has 2 rings (SSSR count). The highest BCUT2D eigenvalue weighted by Crippen LogP contribution is 2.16. The summed E-state index contributed by atoms with van der Waals surface area (Å²) >= 11 is 6.03. The molecule has 0 saturated heterocycles. The van der Waals surface area contributed by atoms with Gasteiger partial charge in [0.1, 0.15) is 0 Å². The molecule has 0 spiro atoms. The van der Waals surface area contributed by atoms with Gasteiger partial charge in [0.2, 0.25) is 0 Å². The minimum Gasteiger partial charge on any atom is -0.374 e. The number of carbonyl (C=O) groups excluding carboxylic acids is 1. The van der Waals surface area contributed by atoms with Crippen LogP contribution in [0.3, 0.4) is 0 Å². The molecule has 0 aliphatic rings. The molecule has 2 aromatic carbocycles. The lowest BCUT2D eigenvalue weighted by molar-refractivity contribution is 0.0646. The van der Waals surface area contributed by atoms with E-state index in [2.05, 4.69) is 40.0 Å². The van der Waals surface area contributed by atoms with Crippen LogP contribution in [0.25, 0.3) is 0 Å². The van der Waals surface area contributed by atoms with Crippen molar-refractivity contribution in [1.82, 2.24) is 16.0 Å². The lowest BCUT2D eigenvalue weighted by atomic mass is 10.1. The predicted octanol–water partition coefficient (Wildman–Crippen LogP) is 4.02. The third-order valence-corrected chi connectivity index (χ3v) is 4.63. The van der Waals surface area contributed by atoms with Gasteiger partial charge in [-0.15, -0.1) is 24.0 Å². The van der Waals surface area contributed by atoms with Crippen LogP contribution in [-0.4, -0.2) is 45.2 Å². The first kappa shape index (κ1) is 26.2. The Morgan fingerprint density at radius 1 is 1.00 bits per heavy atom. The zero-order chi connectivity index (χ0) is 20.9. The number of halogens is 2. The molecule has 0 fully saturated rings. The van der Waals surface area contributed by atoms with Crippen LogP contribution in [0.4, 0.5) is 0 Å². The Bertz CT molecular complexity index is 790. The number of rotatable bonds is 10. The molecular formula is C22H30ClIN4O2. The first-order valence-electron chi connectivity index (χ1n) is 9.75. The number of hydrogen-bond donors (Lipinski definition) is 3. The fourth-order valence-corrected chi connectivity index (χ4v) is 2.90. The summed E-state index contributed by atoms with van der Waals surface area (Å²) < 4.78 is 5.86. The number of benzene rings is 2. The van der Waals surface area contributed by atoms with Crippen LogP contribution in [0.15, 0.2) is 59.6 Å². The van der Waals surface area contributed by atoms with Gasteiger partial charge in [0.25, 0.3) is 5.91 Å². The molecule has 164 valence electrons. The molecule has 3 N–H and O–H groups in total. The summed E-state index contributed by atoms with van der Waals surface area (Å²) in [4.78, 5) is 16.3. The highest BCUT2D eigenvalue weighted by atomic mass is 127. The van der Waals surface area contributed by atoms with E-state index in [9.17, 15) is 4.79 Å². The van der Waals surface area contributed by atoms with Crippen molar-refractivity contribution in [2.45, 2.75) is 19.4 Å². The molecule has 0 aromatic heterocycles.